The molecule has 0 nitrogen and oxygen atoms in total. The van der Waals surface area contributed by atoms with E-state index in [2.05, 4.69) is 38.5 Å². The molecular formula is C13H8BrF2I. The summed E-state index contributed by atoms with van der Waals surface area (Å²) < 4.78 is 27.8. The van der Waals surface area contributed by atoms with Crippen molar-refractivity contribution in [3.8, 4) is 0 Å². The van der Waals surface area contributed by atoms with Crippen molar-refractivity contribution >= 4 is 38.5 Å². The lowest BCUT2D eigenvalue weighted by atomic mass is 10.0. The lowest BCUT2D eigenvalue weighted by molar-refractivity contribution is 0.588. The van der Waals surface area contributed by atoms with Gasteiger partial charge in [-0.25, -0.2) is 8.78 Å². The molecule has 4 heteroatoms. The maximum Gasteiger partial charge on any atom is 0.128 e. The molecule has 0 spiro atoms. The Morgan fingerprint density at radius 1 is 1.06 bits per heavy atom. The van der Waals surface area contributed by atoms with Crippen molar-refractivity contribution in [2.45, 2.75) is 4.83 Å². The van der Waals surface area contributed by atoms with Crippen molar-refractivity contribution < 1.29 is 8.78 Å². The maximum atomic E-state index is 13.6. The number of hydrogen-bond donors (Lipinski definition) is 0. The molecule has 0 bridgehead atoms. The Kier molecular flexibility index (Phi) is 4.14. The maximum absolute atomic E-state index is 13.6. The molecule has 0 N–H and O–H groups in total. The molecular weight excluding hydrogens is 401 g/mol. The van der Waals surface area contributed by atoms with Crippen molar-refractivity contribution in [3.05, 3.63) is 68.8 Å². The van der Waals surface area contributed by atoms with Crippen LogP contribution in [0.1, 0.15) is 16.0 Å². The van der Waals surface area contributed by atoms with Crippen LogP contribution in [0, 0.1) is 15.2 Å². The minimum atomic E-state index is -0.434. The summed E-state index contributed by atoms with van der Waals surface area (Å²) in [7, 11) is 0. The van der Waals surface area contributed by atoms with Crippen LogP contribution < -0.4 is 0 Å². The van der Waals surface area contributed by atoms with E-state index in [0.717, 1.165) is 21.3 Å². The fourth-order valence-corrected chi connectivity index (χ4v) is 2.76. The number of halogens is 4. The third kappa shape index (κ3) is 3.04. The monoisotopic (exact) mass is 408 g/mol. The predicted octanol–water partition coefficient (Wildman–Crippen LogP) is 5.05. The summed E-state index contributed by atoms with van der Waals surface area (Å²) >= 11 is 5.59. The molecule has 0 aromatic heterocycles. The summed E-state index contributed by atoms with van der Waals surface area (Å²) in [5.41, 5.74) is 1.22. The molecule has 0 aliphatic rings. The Balaban J connectivity index is 2.43. The van der Waals surface area contributed by atoms with Gasteiger partial charge in [-0.2, -0.15) is 0 Å². The normalized spacial score (nSPS) is 12.5. The summed E-state index contributed by atoms with van der Waals surface area (Å²) in [4.78, 5) is -0.340. The van der Waals surface area contributed by atoms with Gasteiger partial charge >= 0.3 is 0 Å². The summed E-state index contributed by atoms with van der Waals surface area (Å²) in [5, 5.41) is 0. The molecule has 0 fully saturated rings. The van der Waals surface area contributed by atoms with Crippen LogP contribution in [0.25, 0.3) is 0 Å². The molecule has 0 radical (unpaired) electrons. The van der Waals surface area contributed by atoms with Gasteiger partial charge in [0.15, 0.2) is 0 Å². The summed E-state index contributed by atoms with van der Waals surface area (Å²) in [6.45, 7) is 0. The Labute approximate surface area is 120 Å². The highest BCUT2D eigenvalue weighted by molar-refractivity contribution is 14.1. The zero-order valence-electron chi connectivity index (χ0n) is 8.63. The minimum Gasteiger partial charge on any atom is -0.207 e. The largest absolute Gasteiger partial charge is 0.207 e. The zero-order valence-corrected chi connectivity index (χ0v) is 12.4. The number of benzene rings is 2. The second kappa shape index (κ2) is 5.44. The van der Waals surface area contributed by atoms with Crippen LogP contribution in [0.4, 0.5) is 8.78 Å². The van der Waals surface area contributed by atoms with Crippen molar-refractivity contribution in [1.82, 2.24) is 0 Å². The van der Waals surface area contributed by atoms with Gasteiger partial charge in [0.25, 0.3) is 0 Å². The van der Waals surface area contributed by atoms with E-state index in [1.807, 2.05) is 24.3 Å². The quantitative estimate of drug-likeness (QED) is 0.481. The Morgan fingerprint density at radius 3 is 2.53 bits per heavy atom. The first-order valence-electron chi connectivity index (χ1n) is 4.92. The van der Waals surface area contributed by atoms with Crippen molar-refractivity contribution in [2.75, 3.05) is 0 Å². The van der Waals surface area contributed by atoms with Gasteiger partial charge in [0.2, 0.25) is 0 Å². The Morgan fingerprint density at radius 2 is 1.82 bits per heavy atom. The lowest BCUT2D eigenvalue weighted by Crippen LogP contribution is -1.97. The molecule has 17 heavy (non-hydrogen) atoms. The summed E-state index contributed by atoms with van der Waals surface area (Å²) in [5.74, 6) is -0.844. The average Bonchev–Trinajstić information content (AvgIpc) is 2.31. The zero-order chi connectivity index (χ0) is 12.4. The van der Waals surface area contributed by atoms with E-state index in [9.17, 15) is 8.78 Å². The number of alkyl halides is 1. The van der Waals surface area contributed by atoms with Gasteiger partial charge in [0.05, 0.1) is 4.83 Å². The Hall–Kier alpha value is -0.490. The topological polar surface area (TPSA) is 0 Å². The van der Waals surface area contributed by atoms with Gasteiger partial charge in [-0.3, -0.25) is 0 Å². The molecule has 0 aliphatic carbocycles. The van der Waals surface area contributed by atoms with Crippen molar-refractivity contribution in [3.63, 3.8) is 0 Å². The van der Waals surface area contributed by atoms with Crippen LogP contribution in [0.15, 0.2) is 42.5 Å². The van der Waals surface area contributed by atoms with Crippen LogP contribution in [-0.2, 0) is 0 Å². The number of rotatable bonds is 2. The second-order valence-electron chi connectivity index (χ2n) is 3.58. The highest BCUT2D eigenvalue weighted by atomic mass is 127. The fourth-order valence-electron chi connectivity index (χ4n) is 1.55. The van der Waals surface area contributed by atoms with Crippen LogP contribution in [0.3, 0.4) is 0 Å². The van der Waals surface area contributed by atoms with E-state index < -0.39 is 11.6 Å². The molecule has 88 valence electrons. The van der Waals surface area contributed by atoms with Crippen LogP contribution in [-0.4, -0.2) is 0 Å². The third-order valence-corrected chi connectivity index (χ3v) is 4.07. The molecule has 1 unspecified atom stereocenters. The molecule has 0 heterocycles. The minimum absolute atomic E-state index is 0.312. The third-order valence-electron chi connectivity index (χ3n) is 2.37. The summed E-state index contributed by atoms with van der Waals surface area (Å²) in [6, 6.07) is 11.1. The van der Waals surface area contributed by atoms with E-state index in [0.29, 0.717) is 5.56 Å². The smallest absolute Gasteiger partial charge is 0.128 e. The molecule has 2 aromatic carbocycles. The first-order chi connectivity index (χ1) is 8.08. The molecule has 2 rings (SSSR count). The van der Waals surface area contributed by atoms with E-state index >= 15 is 0 Å². The van der Waals surface area contributed by atoms with Gasteiger partial charge in [-0.1, -0.05) is 28.1 Å². The number of hydrogen-bond acceptors (Lipinski definition) is 0. The van der Waals surface area contributed by atoms with Crippen LogP contribution in [0.5, 0.6) is 0 Å². The van der Waals surface area contributed by atoms with E-state index in [-0.39, 0.29) is 4.83 Å². The van der Waals surface area contributed by atoms with Crippen LogP contribution in [0.2, 0.25) is 0 Å². The van der Waals surface area contributed by atoms with Gasteiger partial charge in [-0.05, 0) is 58.5 Å². The molecule has 0 aliphatic heterocycles. The van der Waals surface area contributed by atoms with Gasteiger partial charge < -0.3 is 0 Å². The summed E-state index contributed by atoms with van der Waals surface area (Å²) in [6.07, 6.45) is 0. The standard InChI is InChI=1S/C13H8BrF2I/c14-13(8-2-1-3-10(17)6-8)11-7-9(15)4-5-12(11)16/h1-7,13H. The SMILES string of the molecule is Fc1ccc(F)c(C(Br)c2cccc(I)c2)c1. The average molecular weight is 409 g/mol. The van der Waals surface area contributed by atoms with E-state index in [1.165, 1.54) is 6.07 Å². The van der Waals surface area contributed by atoms with Gasteiger partial charge in [-0.15, -0.1) is 0 Å². The van der Waals surface area contributed by atoms with Crippen molar-refractivity contribution in [2.24, 2.45) is 0 Å². The highest BCUT2D eigenvalue weighted by Gasteiger charge is 2.15. The van der Waals surface area contributed by atoms with Crippen LogP contribution >= 0.6 is 38.5 Å². The lowest BCUT2D eigenvalue weighted by Gasteiger charge is -2.12. The first kappa shape index (κ1) is 13.0. The first-order valence-corrected chi connectivity index (χ1v) is 6.92. The van der Waals surface area contributed by atoms with Gasteiger partial charge in [0.1, 0.15) is 11.6 Å². The molecule has 0 amide bonds. The van der Waals surface area contributed by atoms with E-state index in [4.69, 9.17) is 0 Å². The Bertz CT molecular complexity index is 543. The van der Waals surface area contributed by atoms with Gasteiger partial charge in [0, 0.05) is 9.13 Å². The molecule has 0 saturated heterocycles. The molecule has 1 atom stereocenters. The fraction of sp³-hybridized carbons (Fsp3) is 0.0769. The molecule has 0 saturated carbocycles. The molecule has 2 aromatic rings. The highest BCUT2D eigenvalue weighted by Crippen LogP contribution is 2.33. The second-order valence-corrected chi connectivity index (χ2v) is 5.74. The van der Waals surface area contributed by atoms with Crippen molar-refractivity contribution in [1.29, 1.82) is 0 Å². The predicted molar refractivity (Wildman–Crippen MR) is 76.3 cm³/mol. The van der Waals surface area contributed by atoms with E-state index in [1.54, 1.807) is 0 Å².